The molecule has 1 aromatic heterocycles. The quantitative estimate of drug-likeness (QED) is 0.523. The number of rotatable bonds is 7. The Labute approximate surface area is 188 Å². The molecule has 1 amide bonds. The van der Waals surface area contributed by atoms with Gasteiger partial charge in [-0.05, 0) is 30.7 Å². The molecule has 0 saturated carbocycles. The first-order chi connectivity index (χ1) is 15.3. The number of benzene rings is 2. The van der Waals surface area contributed by atoms with Gasteiger partial charge in [-0.3, -0.25) is 19.1 Å². The molecule has 166 valence electrons. The maximum Gasteiger partial charge on any atom is 0.338 e. The van der Waals surface area contributed by atoms with E-state index >= 15 is 0 Å². The molecule has 0 fully saturated rings. The summed E-state index contributed by atoms with van der Waals surface area (Å²) < 4.78 is 6.23. The summed E-state index contributed by atoms with van der Waals surface area (Å²) in [7, 11) is 0. The minimum absolute atomic E-state index is 0.0599. The van der Waals surface area contributed by atoms with Crippen molar-refractivity contribution >= 4 is 35.0 Å². The summed E-state index contributed by atoms with van der Waals surface area (Å²) in [6.07, 6.45) is 0. The molecule has 0 unspecified atom stereocenters. The highest BCUT2D eigenvalue weighted by Gasteiger charge is 2.24. The number of halogens is 1. The number of ether oxygens (including phenoxy) is 1. The van der Waals surface area contributed by atoms with Gasteiger partial charge in [-0.15, -0.1) is 0 Å². The molecule has 1 heterocycles. The number of hydrogen-bond acceptors (Lipinski definition) is 6. The number of nitrogen functional groups attached to an aromatic ring is 1. The number of H-pyrrole nitrogens is 1. The van der Waals surface area contributed by atoms with Gasteiger partial charge in [0.15, 0.2) is 12.3 Å². The lowest BCUT2D eigenvalue weighted by Crippen LogP contribution is -2.42. The molecular formula is C22H21ClN4O5. The van der Waals surface area contributed by atoms with Crippen LogP contribution in [0.25, 0.3) is 0 Å². The Kier molecular flexibility index (Phi) is 7.11. The van der Waals surface area contributed by atoms with E-state index in [4.69, 9.17) is 22.1 Å². The third-order valence-corrected chi connectivity index (χ3v) is 4.91. The molecule has 0 aliphatic carbocycles. The summed E-state index contributed by atoms with van der Waals surface area (Å²) in [4.78, 5) is 53.1. The van der Waals surface area contributed by atoms with Gasteiger partial charge in [0.05, 0.1) is 12.1 Å². The number of amides is 1. The van der Waals surface area contributed by atoms with Gasteiger partial charge in [0.2, 0.25) is 0 Å². The van der Waals surface area contributed by atoms with Crippen LogP contribution in [0.4, 0.5) is 11.5 Å². The first-order valence-corrected chi connectivity index (χ1v) is 10.1. The molecule has 0 aliphatic rings. The van der Waals surface area contributed by atoms with Crippen LogP contribution in [0.1, 0.15) is 22.8 Å². The number of likely N-dealkylation sites (N-methyl/N-ethyl adjacent to an activating group) is 1. The molecule has 32 heavy (non-hydrogen) atoms. The number of hydrogen-bond donors (Lipinski definition) is 2. The van der Waals surface area contributed by atoms with E-state index in [0.717, 1.165) is 10.5 Å². The Balaban J connectivity index is 1.85. The fraction of sp³-hybridized carbons (Fsp3) is 0.182. The summed E-state index contributed by atoms with van der Waals surface area (Å²) in [6, 6.07) is 15.1. The number of nitrogens with two attached hydrogens (primary N) is 1. The highest BCUT2D eigenvalue weighted by molar-refractivity contribution is 6.30. The third-order valence-electron chi connectivity index (χ3n) is 4.67. The molecule has 10 heteroatoms. The number of aromatic amines is 1. The molecule has 3 rings (SSSR count). The van der Waals surface area contributed by atoms with E-state index in [0.29, 0.717) is 5.02 Å². The fourth-order valence-corrected chi connectivity index (χ4v) is 3.31. The first-order valence-electron chi connectivity index (χ1n) is 9.71. The van der Waals surface area contributed by atoms with E-state index in [1.807, 2.05) is 6.07 Å². The average Bonchev–Trinajstić information content (AvgIpc) is 2.78. The molecule has 0 bridgehead atoms. The maximum absolute atomic E-state index is 12.8. The van der Waals surface area contributed by atoms with Crippen molar-refractivity contribution in [2.24, 2.45) is 0 Å². The van der Waals surface area contributed by atoms with Gasteiger partial charge >= 0.3 is 11.7 Å². The maximum atomic E-state index is 12.8. The van der Waals surface area contributed by atoms with Crippen LogP contribution in [0.15, 0.2) is 64.2 Å². The zero-order valence-electron chi connectivity index (χ0n) is 17.2. The minimum atomic E-state index is -0.812. The third kappa shape index (κ3) is 5.06. The normalized spacial score (nSPS) is 10.6. The first kappa shape index (κ1) is 22.8. The lowest BCUT2D eigenvalue weighted by molar-refractivity contribution is -0.121. The van der Waals surface area contributed by atoms with E-state index in [-0.39, 0.29) is 30.2 Å². The van der Waals surface area contributed by atoms with Crippen LogP contribution in [0.3, 0.4) is 0 Å². The number of aromatic nitrogens is 2. The van der Waals surface area contributed by atoms with Crippen LogP contribution in [0.2, 0.25) is 5.02 Å². The predicted octanol–water partition coefficient (Wildman–Crippen LogP) is 2.03. The van der Waals surface area contributed by atoms with Crippen molar-refractivity contribution in [2.45, 2.75) is 13.5 Å². The summed E-state index contributed by atoms with van der Waals surface area (Å²) in [5, 5.41) is 0.348. The Morgan fingerprint density at radius 1 is 1.12 bits per heavy atom. The molecule has 3 aromatic rings. The lowest BCUT2D eigenvalue weighted by Gasteiger charge is -2.23. The van der Waals surface area contributed by atoms with Crippen molar-refractivity contribution in [3.05, 3.63) is 91.6 Å². The minimum Gasteiger partial charge on any atom is -0.452 e. The van der Waals surface area contributed by atoms with Crippen LogP contribution in [-0.2, 0) is 16.1 Å². The van der Waals surface area contributed by atoms with E-state index in [9.17, 15) is 19.2 Å². The summed E-state index contributed by atoms with van der Waals surface area (Å²) in [5.41, 5.74) is 5.40. The summed E-state index contributed by atoms with van der Waals surface area (Å²) in [5.74, 6) is -1.59. The molecular weight excluding hydrogens is 436 g/mol. The lowest BCUT2D eigenvalue weighted by atomic mass is 10.2. The molecule has 2 aromatic carbocycles. The molecule has 3 N–H and O–H groups in total. The SMILES string of the molecule is CCN(C(=O)COC(=O)c1cccc(Cl)c1)c1c(N)n(Cc2ccccc2)c(=O)[nH]c1=O. The second kappa shape index (κ2) is 9.97. The van der Waals surface area contributed by atoms with Crippen molar-refractivity contribution in [3.63, 3.8) is 0 Å². The number of nitrogens with one attached hydrogen (secondary N) is 1. The molecule has 0 spiro atoms. The van der Waals surface area contributed by atoms with Crippen molar-refractivity contribution in [2.75, 3.05) is 23.8 Å². The van der Waals surface area contributed by atoms with Crippen molar-refractivity contribution < 1.29 is 14.3 Å². The second-order valence-electron chi connectivity index (χ2n) is 6.79. The van der Waals surface area contributed by atoms with E-state index < -0.39 is 29.7 Å². The van der Waals surface area contributed by atoms with E-state index in [1.54, 1.807) is 43.3 Å². The number of carbonyl (C=O) groups is 2. The summed E-state index contributed by atoms with van der Waals surface area (Å²) in [6.45, 7) is 1.16. The molecule has 0 atom stereocenters. The Bertz CT molecular complexity index is 1250. The number of nitrogens with zero attached hydrogens (tertiary/aromatic N) is 2. The van der Waals surface area contributed by atoms with Crippen molar-refractivity contribution in [1.29, 1.82) is 0 Å². The molecule has 0 saturated heterocycles. The number of esters is 1. The largest absolute Gasteiger partial charge is 0.452 e. The Morgan fingerprint density at radius 2 is 1.84 bits per heavy atom. The van der Waals surface area contributed by atoms with Crippen LogP contribution in [0.5, 0.6) is 0 Å². The highest BCUT2D eigenvalue weighted by Crippen LogP contribution is 2.18. The molecule has 0 aliphatic heterocycles. The standard InChI is InChI=1S/C22H21ClN4O5/c1-2-26(17(28)13-32-21(30)15-9-6-10-16(23)11-15)18-19(24)27(22(31)25-20(18)29)12-14-7-4-3-5-8-14/h3-11H,2,12-13,24H2,1H3,(H,25,29,31). The number of carbonyl (C=O) groups excluding carboxylic acids is 2. The monoisotopic (exact) mass is 456 g/mol. The Hall–Kier alpha value is -3.85. The average molecular weight is 457 g/mol. The van der Waals surface area contributed by atoms with Crippen LogP contribution in [-0.4, -0.2) is 34.6 Å². The zero-order valence-corrected chi connectivity index (χ0v) is 18.0. The fourth-order valence-electron chi connectivity index (χ4n) is 3.12. The highest BCUT2D eigenvalue weighted by atomic mass is 35.5. The number of anilines is 2. The second-order valence-corrected chi connectivity index (χ2v) is 7.23. The van der Waals surface area contributed by atoms with Gasteiger partial charge in [-0.2, -0.15) is 0 Å². The predicted molar refractivity (Wildman–Crippen MR) is 121 cm³/mol. The van der Waals surface area contributed by atoms with Crippen molar-refractivity contribution in [3.8, 4) is 0 Å². The van der Waals surface area contributed by atoms with E-state index in [2.05, 4.69) is 4.98 Å². The van der Waals surface area contributed by atoms with Gasteiger partial charge < -0.3 is 15.4 Å². The van der Waals surface area contributed by atoms with Crippen LogP contribution in [0, 0.1) is 0 Å². The topological polar surface area (TPSA) is 127 Å². The van der Waals surface area contributed by atoms with Gasteiger partial charge in [-0.1, -0.05) is 48.0 Å². The van der Waals surface area contributed by atoms with Gasteiger partial charge in [-0.25, -0.2) is 9.59 Å². The summed E-state index contributed by atoms with van der Waals surface area (Å²) >= 11 is 5.86. The van der Waals surface area contributed by atoms with Crippen molar-refractivity contribution in [1.82, 2.24) is 9.55 Å². The van der Waals surface area contributed by atoms with E-state index in [1.165, 1.54) is 16.7 Å². The zero-order chi connectivity index (χ0) is 23.3. The smallest absolute Gasteiger partial charge is 0.338 e. The van der Waals surface area contributed by atoms with Gasteiger partial charge in [0.25, 0.3) is 11.5 Å². The van der Waals surface area contributed by atoms with Gasteiger partial charge in [0.1, 0.15) is 5.82 Å². The van der Waals surface area contributed by atoms with Crippen LogP contribution >= 0.6 is 11.6 Å². The van der Waals surface area contributed by atoms with Gasteiger partial charge in [0, 0.05) is 11.6 Å². The molecule has 9 nitrogen and oxygen atoms in total. The molecule has 0 radical (unpaired) electrons. The van der Waals surface area contributed by atoms with Crippen LogP contribution < -0.4 is 21.9 Å². The Morgan fingerprint density at radius 3 is 2.50 bits per heavy atom.